The summed E-state index contributed by atoms with van der Waals surface area (Å²) in [6.07, 6.45) is 0. The first-order valence-corrected chi connectivity index (χ1v) is 5.92. The van der Waals surface area contributed by atoms with Crippen LogP contribution in [0.15, 0.2) is 27.7 Å². The number of nitrogens with two attached hydrogens (primary N) is 1. The van der Waals surface area contributed by atoms with Crippen LogP contribution in [0.2, 0.25) is 0 Å². The van der Waals surface area contributed by atoms with Gasteiger partial charge in [0.15, 0.2) is 0 Å². The Balaban J connectivity index is 2.05. The van der Waals surface area contributed by atoms with Gasteiger partial charge in [-0.1, -0.05) is 10.3 Å². The van der Waals surface area contributed by atoms with Crippen molar-refractivity contribution in [2.75, 3.05) is 5.73 Å². The number of rotatable bonds is 3. The van der Waals surface area contributed by atoms with Crippen LogP contribution in [0, 0.1) is 13.8 Å². The first kappa shape index (κ1) is 11.0. The number of nitrogens with zero attached hydrogens (tertiary/aromatic N) is 2. The predicted molar refractivity (Wildman–Crippen MR) is 64.2 cm³/mol. The van der Waals surface area contributed by atoms with Gasteiger partial charge in [0.1, 0.15) is 11.4 Å². The Morgan fingerprint density at radius 2 is 2.12 bits per heavy atom. The molecule has 1 aromatic carbocycles. The highest BCUT2D eigenvalue weighted by molar-refractivity contribution is 7.98. The Hall–Kier alpha value is -1.49. The van der Waals surface area contributed by atoms with Crippen LogP contribution >= 0.6 is 11.8 Å². The Morgan fingerprint density at radius 1 is 1.31 bits per heavy atom. The summed E-state index contributed by atoms with van der Waals surface area (Å²) in [7, 11) is 0. The van der Waals surface area contributed by atoms with Crippen molar-refractivity contribution in [2.45, 2.75) is 24.5 Å². The van der Waals surface area contributed by atoms with Gasteiger partial charge in [0.25, 0.3) is 0 Å². The van der Waals surface area contributed by atoms with E-state index in [0.29, 0.717) is 0 Å². The van der Waals surface area contributed by atoms with Crippen molar-refractivity contribution >= 4 is 17.4 Å². The molecule has 0 amide bonds. The minimum atomic E-state index is 0.763. The van der Waals surface area contributed by atoms with E-state index in [2.05, 4.69) is 21.0 Å². The van der Waals surface area contributed by atoms with Crippen LogP contribution < -0.4 is 5.73 Å². The standard InChI is InChI=1S/C11H13N3OS/c1-7-5-9(3-4-10(7)12)16-6-11-8(2)13-15-14-11/h3-5H,6,12H2,1-2H3. The number of thioether (sulfide) groups is 1. The molecule has 4 nitrogen and oxygen atoms in total. The molecule has 84 valence electrons. The molecule has 0 atom stereocenters. The summed E-state index contributed by atoms with van der Waals surface area (Å²) in [5.41, 5.74) is 9.41. The number of aromatic nitrogens is 2. The van der Waals surface area contributed by atoms with E-state index in [1.807, 2.05) is 26.0 Å². The molecule has 0 aliphatic rings. The Morgan fingerprint density at radius 3 is 2.75 bits per heavy atom. The van der Waals surface area contributed by atoms with Crippen molar-refractivity contribution in [3.63, 3.8) is 0 Å². The van der Waals surface area contributed by atoms with E-state index in [-0.39, 0.29) is 0 Å². The molecule has 0 aliphatic heterocycles. The Kier molecular flexibility index (Phi) is 3.14. The fourth-order valence-electron chi connectivity index (χ4n) is 1.27. The quantitative estimate of drug-likeness (QED) is 0.654. The molecule has 0 fully saturated rings. The maximum absolute atomic E-state index is 5.76. The van der Waals surface area contributed by atoms with Crippen LogP contribution in [0.25, 0.3) is 0 Å². The lowest BCUT2D eigenvalue weighted by Crippen LogP contribution is -1.89. The molecule has 0 bridgehead atoms. The summed E-state index contributed by atoms with van der Waals surface area (Å²) >= 11 is 1.70. The van der Waals surface area contributed by atoms with Gasteiger partial charge in [-0.25, -0.2) is 4.63 Å². The lowest BCUT2D eigenvalue weighted by molar-refractivity contribution is 0.302. The summed E-state index contributed by atoms with van der Waals surface area (Å²) < 4.78 is 4.64. The summed E-state index contributed by atoms with van der Waals surface area (Å²) in [5.74, 6) is 0.763. The summed E-state index contributed by atoms with van der Waals surface area (Å²) in [6.45, 7) is 3.89. The van der Waals surface area contributed by atoms with Crippen LogP contribution in [0.1, 0.15) is 17.0 Å². The minimum absolute atomic E-state index is 0.763. The third kappa shape index (κ3) is 2.36. The number of hydrogen-bond acceptors (Lipinski definition) is 5. The van der Waals surface area contributed by atoms with E-state index in [1.165, 1.54) is 4.90 Å². The van der Waals surface area contributed by atoms with Gasteiger partial charge < -0.3 is 5.73 Å². The molecule has 2 N–H and O–H groups in total. The van der Waals surface area contributed by atoms with Gasteiger partial charge in [-0.15, -0.1) is 11.8 Å². The third-order valence-electron chi connectivity index (χ3n) is 2.36. The lowest BCUT2D eigenvalue weighted by Gasteiger charge is -2.03. The van der Waals surface area contributed by atoms with Crippen molar-refractivity contribution in [3.05, 3.63) is 35.2 Å². The number of nitrogen functional groups attached to an aromatic ring is 1. The zero-order valence-corrected chi connectivity index (χ0v) is 10.0. The molecule has 0 aliphatic carbocycles. The normalized spacial score (nSPS) is 10.6. The highest BCUT2D eigenvalue weighted by Gasteiger charge is 2.06. The zero-order chi connectivity index (χ0) is 11.5. The number of anilines is 1. The van der Waals surface area contributed by atoms with Crippen LogP contribution in [0.5, 0.6) is 0 Å². The van der Waals surface area contributed by atoms with Gasteiger partial charge in [-0.3, -0.25) is 0 Å². The molecule has 0 spiro atoms. The van der Waals surface area contributed by atoms with Crippen LogP contribution in [0.4, 0.5) is 5.69 Å². The van der Waals surface area contributed by atoms with Crippen LogP contribution in [0.3, 0.4) is 0 Å². The average Bonchev–Trinajstić information content (AvgIpc) is 2.66. The van der Waals surface area contributed by atoms with Crippen molar-refractivity contribution in [3.8, 4) is 0 Å². The third-order valence-corrected chi connectivity index (χ3v) is 3.37. The molecule has 0 radical (unpaired) electrons. The van der Waals surface area contributed by atoms with Gasteiger partial charge in [0, 0.05) is 16.3 Å². The van der Waals surface area contributed by atoms with E-state index in [1.54, 1.807) is 11.8 Å². The number of hydrogen-bond donors (Lipinski definition) is 1. The van der Waals surface area contributed by atoms with E-state index >= 15 is 0 Å². The second-order valence-corrected chi connectivity index (χ2v) is 4.65. The molecular weight excluding hydrogens is 222 g/mol. The molecule has 16 heavy (non-hydrogen) atoms. The summed E-state index contributed by atoms with van der Waals surface area (Å²) in [5, 5.41) is 7.58. The zero-order valence-electron chi connectivity index (χ0n) is 9.23. The predicted octanol–water partition coefficient (Wildman–Crippen LogP) is 2.56. The maximum Gasteiger partial charge on any atom is 0.118 e. The molecule has 1 aromatic heterocycles. The highest BCUT2D eigenvalue weighted by Crippen LogP contribution is 2.25. The van der Waals surface area contributed by atoms with Gasteiger partial charge in [-0.05, 0) is 37.6 Å². The van der Waals surface area contributed by atoms with Gasteiger partial charge >= 0.3 is 0 Å². The SMILES string of the molecule is Cc1cc(SCc2nonc2C)ccc1N. The van der Waals surface area contributed by atoms with Crippen molar-refractivity contribution in [1.29, 1.82) is 0 Å². The molecule has 5 heteroatoms. The van der Waals surface area contributed by atoms with Crippen molar-refractivity contribution in [1.82, 2.24) is 10.3 Å². The topological polar surface area (TPSA) is 64.9 Å². The van der Waals surface area contributed by atoms with E-state index < -0.39 is 0 Å². The Bertz CT molecular complexity index is 496. The monoisotopic (exact) mass is 235 g/mol. The smallest absolute Gasteiger partial charge is 0.118 e. The Labute approximate surface area is 98.2 Å². The molecular formula is C11H13N3OS. The molecule has 2 aromatic rings. The van der Waals surface area contributed by atoms with Crippen molar-refractivity contribution < 1.29 is 4.63 Å². The van der Waals surface area contributed by atoms with Gasteiger partial charge in [0.2, 0.25) is 0 Å². The number of benzene rings is 1. The van der Waals surface area contributed by atoms with Gasteiger partial charge in [0.05, 0.1) is 0 Å². The molecule has 0 saturated heterocycles. The molecule has 2 rings (SSSR count). The van der Waals surface area contributed by atoms with Gasteiger partial charge in [-0.2, -0.15) is 0 Å². The number of aryl methyl sites for hydroxylation is 2. The highest BCUT2D eigenvalue weighted by atomic mass is 32.2. The largest absolute Gasteiger partial charge is 0.399 e. The maximum atomic E-state index is 5.76. The minimum Gasteiger partial charge on any atom is -0.399 e. The van der Waals surface area contributed by atoms with E-state index in [0.717, 1.165) is 28.4 Å². The fourth-order valence-corrected chi connectivity index (χ4v) is 2.26. The average molecular weight is 235 g/mol. The molecule has 0 saturated carbocycles. The first-order valence-electron chi connectivity index (χ1n) is 4.94. The summed E-state index contributed by atoms with van der Waals surface area (Å²) in [6, 6.07) is 6.00. The summed E-state index contributed by atoms with van der Waals surface area (Å²) in [4.78, 5) is 1.18. The first-order chi connectivity index (χ1) is 7.66. The molecule has 1 heterocycles. The second-order valence-electron chi connectivity index (χ2n) is 3.60. The fraction of sp³-hybridized carbons (Fsp3) is 0.273. The van der Waals surface area contributed by atoms with E-state index in [9.17, 15) is 0 Å². The molecule has 0 unspecified atom stereocenters. The van der Waals surface area contributed by atoms with E-state index in [4.69, 9.17) is 5.73 Å². The second kappa shape index (κ2) is 4.57. The lowest BCUT2D eigenvalue weighted by atomic mass is 10.2. The van der Waals surface area contributed by atoms with Crippen LogP contribution in [-0.2, 0) is 5.75 Å². The van der Waals surface area contributed by atoms with Crippen molar-refractivity contribution in [2.24, 2.45) is 0 Å². The van der Waals surface area contributed by atoms with Crippen LogP contribution in [-0.4, -0.2) is 10.3 Å².